The number of hydrogen-bond acceptors (Lipinski definition) is 4. The van der Waals surface area contributed by atoms with Crippen molar-refractivity contribution in [3.05, 3.63) is 47.5 Å². The molecule has 0 unspecified atom stereocenters. The molecule has 2 aromatic rings. The molecule has 0 aliphatic carbocycles. The molecule has 0 spiro atoms. The van der Waals surface area contributed by atoms with Crippen LogP contribution in [0.2, 0.25) is 0 Å². The number of carboxylic acid groups (broad SMARTS) is 2. The molecular formula is C16H16O6. The van der Waals surface area contributed by atoms with Crippen LogP contribution in [0.3, 0.4) is 0 Å². The SMILES string of the molecule is C1COCCO1.O=C(O)c1ccc2cc(C(=O)O)ccc2c1. The van der Waals surface area contributed by atoms with Crippen LogP contribution in [-0.4, -0.2) is 48.6 Å². The van der Waals surface area contributed by atoms with E-state index >= 15 is 0 Å². The minimum Gasteiger partial charge on any atom is -0.478 e. The summed E-state index contributed by atoms with van der Waals surface area (Å²) in [6.45, 7) is 3.11. The molecule has 116 valence electrons. The summed E-state index contributed by atoms with van der Waals surface area (Å²) in [6.07, 6.45) is 0. The van der Waals surface area contributed by atoms with Gasteiger partial charge in [-0.25, -0.2) is 9.59 Å². The van der Waals surface area contributed by atoms with Crippen LogP contribution in [0.15, 0.2) is 36.4 Å². The maximum atomic E-state index is 10.7. The van der Waals surface area contributed by atoms with Gasteiger partial charge in [0.15, 0.2) is 0 Å². The zero-order chi connectivity index (χ0) is 15.9. The Hall–Kier alpha value is -2.44. The summed E-state index contributed by atoms with van der Waals surface area (Å²) in [7, 11) is 0. The van der Waals surface area contributed by atoms with E-state index in [1.54, 1.807) is 12.1 Å². The number of hydrogen-bond donors (Lipinski definition) is 2. The lowest BCUT2D eigenvalue weighted by Gasteiger charge is -2.09. The fraction of sp³-hybridized carbons (Fsp3) is 0.250. The van der Waals surface area contributed by atoms with Gasteiger partial charge in [0.2, 0.25) is 0 Å². The summed E-state index contributed by atoms with van der Waals surface area (Å²) in [5, 5.41) is 19.0. The van der Waals surface area contributed by atoms with Crippen molar-refractivity contribution in [1.82, 2.24) is 0 Å². The van der Waals surface area contributed by atoms with Gasteiger partial charge < -0.3 is 19.7 Å². The molecule has 6 nitrogen and oxygen atoms in total. The van der Waals surface area contributed by atoms with Crippen LogP contribution < -0.4 is 0 Å². The second-order valence-electron chi connectivity index (χ2n) is 4.61. The molecule has 2 N–H and O–H groups in total. The smallest absolute Gasteiger partial charge is 0.335 e. The van der Waals surface area contributed by atoms with Gasteiger partial charge in [-0.05, 0) is 35.0 Å². The molecule has 1 aliphatic heterocycles. The fourth-order valence-electron chi connectivity index (χ4n) is 1.95. The molecule has 22 heavy (non-hydrogen) atoms. The minimum atomic E-state index is -0.996. The lowest BCUT2D eigenvalue weighted by Crippen LogP contribution is -2.16. The van der Waals surface area contributed by atoms with Gasteiger partial charge in [0, 0.05) is 0 Å². The summed E-state index contributed by atoms with van der Waals surface area (Å²) in [4.78, 5) is 21.5. The van der Waals surface area contributed by atoms with E-state index in [1.165, 1.54) is 24.3 Å². The first kappa shape index (κ1) is 15.9. The Morgan fingerprint density at radius 3 is 1.36 bits per heavy atom. The Morgan fingerprint density at radius 2 is 1.09 bits per heavy atom. The number of rotatable bonds is 2. The van der Waals surface area contributed by atoms with E-state index in [1.807, 2.05) is 0 Å². The van der Waals surface area contributed by atoms with Gasteiger partial charge in [-0.1, -0.05) is 12.1 Å². The van der Waals surface area contributed by atoms with Crippen molar-refractivity contribution in [3.63, 3.8) is 0 Å². The van der Waals surface area contributed by atoms with Crippen LogP contribution >= 0.6 is 0 Å². The van der Waals surface area contributed by atoms with Gasteiger partial charge in [0.1, 0.15) is 0 Å². The third kappa shape index (κ3) is 4.28. The molecule has 0 radical (unpaired) electrons. The monoisotopic (exact) mass is 304 g/mol. The molecular weight excluding hydrogens is 288 g/mol. The Morgan fingerprint density at radius 1 is 0.727 bits per heavy atom. The van der Waals surface area contributed by atoms with Crippen molar-refractivity contribution in [2.75, 3.05) is 26.4 Å². The number of fused-ring (bicyclic) bond motifs is 1. The highest BCUT2D eigenvalue weighted by atomic mass is 16.6. The largest absolute Gasteiger partial charge is 0.478 e. The van der Waals surface area contributed by atoms with E-state index in [2.05, 4.69) is 0 Å². The molecule has 2 aromatic carbocycles. The molecule has 1 aliphatic rings. The van der Waals surface area contributed by atoms with E-state index in [0.29, 0.717) is 10.8 Å². The van der Waals surface area contributed by atoms with Crippen LogP contribution in [0.1, 0.15) is 20.7 Å². The third-order valence-corrected chi connectivity index (χ3v) is 3.08. The second-order valence-corrected chi connectivity index (χ2v) is 4.61. The van der Waals surface area contributed by atoms with Gasteiger partial charge >= 0.3 is 11.9 Å². The topological polar surface area (TPSA) is 93.1 Å². The number of carbonyl (C=O) groups is 2. The normalized spacial score (nSPS) is 14.0. The third-order valence-electron chi connectivity index (χ3n) is 3.08. The molecule has 0 bridgehead atoms. The number of benzene rings is 2. The minimum absolute atomic E-state index is 0.190. The highest BCUT2D eigenvalue weighted by Gasteiger charge is 2.06. The van der Waals surface area contributed by atoms with Gasteiger partial charge in [-0.2, -0.15) is 0 Å². The summed E-state index contributed by atoms with van der Waals surface area (Å²) in [6, 6.07) is 9.15. The van der Waals surface area contributed by atoms with Crippen LogP contribution in [0.5, 0.6) is 0 Å². The zero-order valence-electron chi connectivity index (χ0n) is 11.8. The Kier molecular flexibility index (Phi) is 5.46. The zero-order valence-corrected chi connectivity index (χ0v) is 11.8. The average molecular weight is 304 g/mol. The first-order valence-electron chi connectivity index (χ1n) is 6.74. The summed E-state index contributed by atoms with van der Waals surface area (Å²) in [5.74, 6) is -1.99. The van der Waals surface area contributed by atoms with Crippen molar-refractivity contribution in [2.24, 2.45) is 0 Å². The second kappa shape index (κ2) is 7.53. The molecule has 0 saturated carbocycles. The highest BCUT2D eigenvalue weighted by molar-refractivity contribution is 5.97. The number of carboxylic acids is 2. The maximum Gasteiger partial charge on any atom is 0.335 e. The lowest BCUT2D eigenvalue weighted by molar-refractivity contribution is -0.0334. The molecule has 0 aromatic heterocycles. The van der Waals surface area contributed by atoms with Crippen LogP contribution in [0, 0.1) is 0 Å². The fourth-order valence-corrected chi connectivity index (χ4v) is 1.95. The van der Waals surface area contributed by atoms with Crippen LogP contribution in [-0.2, 0) is 9.47 Å². The molecule has 1 heterocycles. The standard InChI is InChI=1S/C12H8O4.C4H8O2/c13-11(14)9-3-1-7-5-10(12(15)16)4-2-8(7)6-9;1-2-6-4-3-5-1/h1-6H,(H,13,14)(H,15,16);1-4H2. The van der Waals surface area contributed by atoms with Gasteiger partial charge in [-0.15, -0.1) is 0 Å². The van der Waals surface area contributed by atoms with Gasteiger partial charge in [0.25, 0.3) is 0 Å². The van der Waals surface area contributed by atoms with E-state index in [4.69, 9.17) is 19.7 Å². The Bertz CT molecular complexity index is 611. The van der Waals surface area contributed by atoms with Crippen molar-refractivity contribution in [2.45, 2.75) is 0 Å². The summed E-state index contributed by atoms with van der Waals surface area (Å²) < 4.78 is 9.89. The Labute approximate surface area is 126 Å². The molecule has 0 amide bonds. The molecule has 6 heteroatoms. The van der Waals surface area contributed by atoms with Crippen LogP contribution in [0.25, 0.3) is 10.8 Å². The van der Waals surface area contributed by atoms with E-state index in [-0.39, 0.29) is 11.1 Å². The average Bonchev–Trinajstić information content (AvgIpc) is 2.56. The predicted molar refractivity (Wildman–Crippen MR) is 79.5 cm³/mol. The predicted octanol–water partition coefficient (Wildman–Crippen LogP) is 2.27. The first-order valence-corrected chi connectivity index (χ1v) is 6.74. The molecule has 1 fully saturated rings. The van der Waals surface area contributed by atoms with Gasteiger partial charge in [0.05, 0.1) is 37.6 Å². The maximum absolute atomic E-state index is 10.7. The van der Waals surface area contributed by atoms with Crippen molar-refractivity contribution >= 4 is 22.7 Å². The Balaban J connectivity index is 0.000000246. The highest BCUT2D eigenvalue weighted by Crippen LogP contribution is 2.18. The van der Waals surface area contributed by atoms with E-state index < -0.39 is 11.9 Å². The van der Waals surface area contributed by atoms with Crippen molar-refractivity contribution < 1.29 is 29.3 Å². The lowest BCUT2D eigenvalue weighted by atomic mass is 10.0. The van der Waals surface area contributed by atoms with E-state index in [9.17, 15) is 9.59 Å². The summed E-state index contributed by atoms with van der Waals surface area (Å²) >= 11 is 0. The van der Waals surface area contributed by atoms with Crippen molar-refractivity contribution in [3.8, 4) is 0 Å². The van der Waals surface area contributed by atoms with Crippen LogP contribution in [0.4, 0.5) is 0 Å². The van der Waals surface area contributed by atoms with E-state index in [0.717, 1.165) is 26.4 Å². The quantitative estimate of drug-likeness (QED) is 0.884. The van der Waals surface area contributed by atoms with Crippen molar-refractivity contribution in [1.29, 1.82) is 0 Å². The van der Waals surface area contributed by atoms with Gasteiger partial charge in [-0.3, -0.25) is 0 Å². The molecule has 3 rings (SSSR count). The number of ether oxygens (including phenoxy) is 2. The first-order chi connectivity index (χ1) is 10.6. The molecule has 1 saturated heterocycles. The molecule has 0 atom stereocenters. The summed E-state index contributed by atoms with van der Waals surface area (Å²) in [5.41, 5.74) is 0.381. The number of aromatic carboxylic acids is 2.